The first-order chi connectivity index (χ1) is 11.6. The van der Waals surface area contributed by atoms with Crippen LogP contribution in [0.5, 0.6) is 0 Å². The SMILES string of the molecule is CC(=O)NCC(=O)N1CCc2ncnc(-c3ccncc3)c2CC1. The van der Waals surface area contributed by atoms with Gasteiger partial charge in [0.2, 0.25) is 11.8 Å². The predicted octanol–water partition coefficient (Wildman–Crippen LogP) is 0.602. The summed E-state index contributed by atoms with van der Waals surface area (Å²) in [6.45, 7) is 2.63. The Morgan fingerprint density at radius 1 is 1.17 bits per heavy atom. The standard InChI is InChI=1S/C17H19N5O2/c1-12(23)19-10-16(24)22-8-4-14-15(5-9-22)20-11-21-17(14)13-2-6-18-7-3-13/h2-3,6-7,11H,4-5,8-10H2,1H3,(H,19,23). The molecule has 0 radical (unpaired) electrons. The van der Waals surface area contributed by atoms with Crippen LogP contribution in [0.25, 0.3) is 11.3 Å². The first-order valence-electron chi connectivity index (χ1n) is 7.90. The molecule has 2 amide bonds. The molecule has 1 aliphatic heterocycles. The summed E-state index contributed by atoms with van der Waals surface area (Å²) in [6.07, 6.45) is 6.43. The first kappa shape index (κ1) is 16.0. The van der Waals surface area contributed by atoms with Gasteiger partial charge in [-0.15, -0.1) is 0 Å². The topological polar surface area (TPSA) is 88.1 Å². The number of nitrogens with one attached hydrogen (secondary N) is 1. The molecule has 0 bridgehead atoms. The second kappa shape index (κ2) is 7.16. The zero-order valence-electron chi connectivity index (χ0n) is 13.5. The normalized spacial score (nSPS) is 13.8. The van der Waals surface area contributed by atoms with E-state index in [4.69, 9.17) is 0 Å². The van der Waals surface area contributed by atoms with Gasteiger partial charge in [-0.05, 0) is 18.6 Å². The second-order valence-electron chi connectivity index (χ2n) is 5.67. The van der Waals surface area contributed by atoms with Gasteiger partial charge in [-0.3, -0.25) is 14.6 Å². The van der Waals surface area contributed by atoms with Crippen LogP contribution >= 0.6 is 0 Å². The summed E-state index contributed by atoms with van der Waals surface area (Å²) in [6, 6.07) is 3.85. The van der Waals surface area contributed by atoms with Crippen molar-refractivity contribution in [3.05, 3.63) is 42.1 Å². The lowest BCUT2D eigenvalue weighted by atomic mass is 10.0. The van der Waals surface area contributed by atoms with Gasteiger partial charge < -0.3 is 10.2 Å². The van der Waals surface area contributed by atoms with E-state index in [2.05, 4.69) is 20.3 Å². The van der Waals surface area contributed by atoms with Gasteiger partial charge in [0.25, 0.3) is 0 Å². The molecule has 124 valence electrons. The summed E-state index contributed by atoms with van der Waals surface area (Å²) >= 11 is 0. The number of amides is 2. The lowest BCUT2D eigenvalue weighted by Crippen LogP contribution is -2.40. The summed E-state index contributed by atoms with van der Waals surface area (Å²) in [5, 5.41) is 2.56. The molecule has 1 aliphatic rings. The van der Waals surface area contributed by atoms with Crippen molar-refractivity contribution in [3.63, 3.8) is 0 Å². The number of fused-ring (bicyclic) bond motifs is 1. The summed E-state index contributed by atoms with van der Waals surface area (Å²) in [4.78, 5) is 37.8. The van der Waals surface area contributed by atoms with Gasteiger partial charge in [-0.2, -0.15) is 0 Å². The third kappa shape index (κ3) is 3.56. The van der Waals surface area contributed by atoms with Crippen LogP contribution in [0.2, 0.25) is 0 Å². The Kier molecular flexibility index (Phi) is 4.79. The van der Waals surface area contributed by atoms with E-state index >= 15 is 0 Å². The number of carbonyl (C=O) groups excluding carboxylic acids is 2. The minimum Gasteiger partial charge on any atom is -0.347 e. The molecule has 3 rings (SSSR count). The van der Waals surface area contributed by atoms with E-state index in [9.17, 15) is 9.59 Å². The molecule has 0 aliphatic carbocycles. The number of aromatic nitrogens is 3. The Bertz CT molecular complexity index is 748. The average molecular weight is 325 g/mol. The van der Waals surface area contributed by atoms with Crippen LogP contribution in [0.15, 0.2) is 30.9 Å². The van der Waals surface area contributed by atoms with E-state index in [0.717, 1.165) is 22.5 Å². The van der Waals surface area contributed by atoms with Crippen molar-refractivity contribution >= 4 is 11.8 Å². The Hall–Kier alpha value is -2.83. The predicted molar refractivity (Wildman–Crippen MR) is 87.9 cm³/mol. The molecule has 0 atom stereocenters. The Morgan fingerprint density at radius 3 is 2.67 bits per heavy atom. The third-order valence-electron chi connectivity index (χ3n) is 4.08. The highest BCUT2D eigenvalue weighted by Gasteiger charge is 2.22. The van der Waals surface area contributed by atoms with E-state index in [1.165, 1.54) is 6.92 Å². The van der Waals surface area contributed by atoms with Crippen LogP contribution in [0.3, 0.4) is 0 Å². The first-order valence-corrected chi connectivity index (χ1v) is 7.90. The average Bonchev–Trinajstić information content (AvgIpc) is 2.83. The van der Waals surface area contributed by atoms with Crippen LogP contribution in [-0.4, -0.2) is 51.3 Å². The number of carbonyl (C=O) groups is 2. The van der Waals surface area contributed by atoms with Crippen LogP contribution in [0.4, 0.5) is 0 Å². The number of rotatable bonds is 3. The molecule has 0 saturated carbocycles. The van der Waals surface area contributed by atoms with E-state index in [1.807, 2.05) is 12.1 Å². The largest absolute Gasteiger partial charge is 0.347 e. The molecule has 2 aromatic rings. The second-order valence-corrected chi connectivity index (χ2v) is 5.67. The van der Waals surface area contributed by atoms with Gasteiger partial charge in [-0.25, -0.2) is 9.97 Å². The number of hydrogen-bond donors (Lipinski definition) is 1. The molecule has 24 heavy (non-hydrogen) atoms. The van der Waals surface area contributed by atoms with Gasteiger partial charge in [0.15, 0.2) is 0 Å². The van der Waals surface area contributed by atoms with Crippen molar-refractivity contribution in [1.29, 1.82) is 0 Å². The maximum Gasteiger partial charge on any atom is 0.241 e. The van der Waals surface area contributed by atoms with Crippen molar-refractivity contribution < 1.29 is 9.59 Å². The van der Waals surface area contributed by atoms with Gasteiger partial charge >= 0.3 is 0 Å². The highest BCUT2D eigenvalue weighted by Crippen LogP contribution is 2.25. The van der Waals surface area contributed by atoms with E-state index in [-0.39, 0.29) is 18.4 Å². The van der Waals surface area contributed by atoms with E-state index in [0.29, 0.717) is 25.9 Å². The molecule has 0 saturated heterocycles. The lowest BCUT2D eigenvalue weighted by molar-refractivity contribution is -0.132. The number of nitrogens with zero attached hydrogens (tertiary/aromatic N) is 4. The maximum atomic E-state index is 12.2. The zero-order chi connectivity index (χ0) is 16.9. The summed E-state index contributed by atoms with van der Waals surface area (Å²) in [5.41, 5.74) is 3.96. The number of pyridine rings is 1. The highest BCUT2D eigenvalue weighted by molar-refractivity contribution is 5.83. The van der Waals surface area contributed by atoms with Crippen molar-refractivity contribution in [2.75, 3.05) is 19.6 Å². The summed E-state index contributed by atoms with van der Waals surface area (Å²) in [7, 11) is 0. The van der Waals surface area contributed by atoms with Crippen molar-refractivity contribution in [3.8, 4) is 11.3 Å². The van der Waals surface area contributed by atoms with Gasteiger partial charge in [0.05, 0.1) is 12.2 Å². The van der Waals surface area contributed by atoms with Gasteiger partial charge in [0.1, 0.15) is 6.33 Å². The minimum absolute atomic E-state index is 0.0363. The van der Waals surface area contributed by atoms with Gasteiger partial charge in [-0.1, -0.05) is 0 Å². The molecule has 2 aromatic heterocycles. The van der Waals surface area contributed by atoms with Crippen molar-refractivity contribution in [2.45, 2.75) is 19.8 Å². The minimum atomic E-state index is -0.202. The van der Waals surface area contributed by atoms with Crippen molar-refractivity contribution in [2.24, 2.45) is 0 Å². The van der Waals surface area contributed by atoms with Crippen molar-refractivity contribution in [1.82, 2.24) is 25.2 Å². The molecule has 7 heteroatoms. The highest BCUT2D eigenvalue weighted by atomic mass is 16.2. The number of hydrogen-bond acceptors (Lipinski definition) is 5. The molecule has 1 N–H and O–H groups in total. The summed E-state index contributed by atoms with van der Waals surface area (Å²) < 4.78 is 0. The Morgan fingerprint density at radius 2 is 1.92 bits per heavy atom. The molecule has 0 unspecified atom stereocenters. The smallest absolute Gasteiger partial charge is 0.241 e. The fourth-order valence-corrected chi connectivity index (χ4v) is 2.85. The molecule has 0 aromatic carbocycles. The van der Waals surface area contributed by atoms with Crippen LogP contribution in [0, 0.1) is 0 Å². The van der Waals surface area contributed by atoms with E-state index in [1.54, 1.807) is 23.6 Å². The van der Waals surface area contributed by atoms with Crippen LogP contribution in [-0.2, 0) is 22.4 Å². The Labute approximate surface area is 140 Å². The van der Waals surface area contributed by atoms with E-state index < -0.39 is 0 Å². The molecular formula is C17H19N5O2. The molecule has 3 heterocycles. The molecule has 0 fully saturated rings. The fraction of sp³-hybridized carbons (Fsp3) is 0.353. The van der Waals surface area contributed by atoms with Crippen LogP contribution < -0.4 is 5.32 Å². The maximum absolute atomic E-state index is 12.2. The molecule has 0 spiro atoms. The fourth-order valence-electron chi connectivity index (χ4n) is 2.85. The third-order valence-corrected chi connectivity index (χ3v) is 4.08. The molecule has 7 nitrogen and oxygen atoms in total. The van der Waals surface area contributed by atoms with Crippen LogP contribution in [0.1, 0.15) is 18.2 Å². The van der Waals surface area contributed by atoms with Gasteiger partial charge in [0, 0.05) is 55.6 Å². The molecular weight excluding hydrogens is 306 g/mol. The summed E-state index contributed by atoms with van der Waals surface area (Å²) in [5.74, 6) is -0.274. The monoisotopic (exact) mass is 325 g/mol. The Balaban J connectivity index is 1.79. The quantitative estimate of drug-likeness (QED) is 0.893. The lowest BCUT2D eigenvalue weighted by Gasteiger charge is -2.20. The zero-order valence-corrected chi connectivity index (χ0v) is 13.5.